The number of amides is 1. The first-order valence-corrected chi connectivity index (χ1v) is 23.7. The number of ether oxygens (including phenoxy) is 3. The number of benzene rings is 1. The van der Waals surface area contributed by atoms with Crippen molar-refractivity contribution in [2.24, 2.45) is 22.9 Å². The zero-order chi connectivity index (χ0) is 40.3. The van der Waals surface area contributed by atoms with Crippen LogP contribution in [0.1, 0.15) is 160 Å². The van der Waals surface area contributed by atoms with E-state index in [0.29, 0.717) is 37.2 Å². The lowest BCUT2D eigenvalue weighted by atomic mass is 9.56. The van der Waals surface area contributed by atoms with E-state index in [1.54, 1.807) is 0 Å². The van der Waals surface area contributed by atoms with Crippen LogP contribution in [0.2, 0.25) is 0 Å². The first-order valence-electron chi connectivity index (χ1n) is 22.8. The molecule has 0 unspecified atom stereocenters. The maximum absolute atomic E-state index is 13.2. The lowest BCUT2D eigenvalue weighted by Gasteiger charge is -2.58. The van der Waals surface area contributed by atoms with Crippen molar-refractivity contribution < 1.29 is 34.1 Å². The minimum absolute atomic E-state index is 0.0333. The van der Waals surface area contributed by atoms with Gasteiger partial charge in [0.1, 0.15) is 18.1 Å². The summed E-state index contributed by atoms with van der Waals surface area (Å²) < 4.78 is 20.3. The van der Waals surface area contributed by atoms with Crippen LogP contribution < -0.4 is 14.8 Å². The average Bonchev–Trinajstić information content (AvgIpc) is 3.74. The zero-order valence-corrected chi connectivity index (χ0v) is 36.1. The van der Waals surface area contributed by atoms with Crippen molar-refractivity contribution in [2.45, 2.75) is 171 Å². The maximum Gasteiger partial charge on any atom is 0.412 e. The summed E-state index contributed by atoms with van der Waals surface area (Å²) in [6.45, 7) is 10.0. The zero-order valence-electron chi connectivity index (χ0n) is 35.2. The van der Waals surface area contributed by atoms with Crippen LogP contribution in [0.25, 0.3) is 0 Å². The van der Waals surface area contributed by atoms with Gasteiger partial charge in [-0.1, -0.05) is 108 Å². The van der Waals surface area contributed by atoms with Crippen molar-refractivity contribution in [2.75, 3.05) is 33.0 Å². The van der Waals surface area contributed by atoms with Gasteiger partial charge in [0, 0.05) is 42.9 Å². The summed E-state index contributed by atoms with van der Waals surface area (Å²) >= 11 is 2.00. The number of allylic oxidation sites excluding steroid dienone is 1. The number of hydrogen-bond donors (Lipinski definition) is 3. The normalized spacial score (nSPS) is 26.0. The molecule has 1 aliphatic heterocycles. The highest BCUT2D eigenvalue weighted by molar-refractivity contribution is 8.00. The summed E-state index contributed by atoms with van der Waals surface area (Å²) in [6, 6.07) is 5.85. The van der Waals surface area contributed by atoms with Gasteiger partial charge in [-0.2, -0.15) is 0 Å². The van der Waals surface area contributed by atoms with Gasteiger partial charge in [0.25, 0.3) is 0 Å². The number of rotatable bonds is 27. The van der Waals surface area contributed by atoms with Gasteiger partial charge in [-0.3, -0.25) is 0 Å². The third kappa shape index (κ3) is 12.5. The Bertz CT molecular complexity index is 1430. The van der Waals surface area contributed by atoms with Crippen LogP contribution in [0.4, 0.5) is 4.79 Å². The fourth-order valence-corrected chi connectivity index (χ4v) is 11.6. The molecule has 1 amide bonds. The van der Waals surface area contributed by atoms with Gasteiger partial charge in [-0.25, -0.2) is 4.79 Å². The molecule has 0 aromatic heterocycles. The molecule has 0 bridgehead atoms. The standard InChI is InChI=1S/C47H74N2O7S/c1-4-7-8-9-10-11-12-13-14-19-28-48-46(52)55-36-26-27-42-40(33-36)44-38(25-18-21-30-51)35(22-17-20-29-50)32-39-41(49-54-6-3)34-43(57-37-23-15-16-24-37)47(56-42,45(39)44)53-31-5-2/h5,26-27,32-33,35,37-38,43-45,50-51H,2,4,6-25,28-31,34H2,1,3H3,(H,48,52)/t35-,38+,43-,44+,45+,47+/m0/s1. The van der Waals surface area contributed by atoms with Gasteiger partial charge in [0.15, 0.2) is 0 Å². The van der Waals surface area contributed by atoms with Crippen molar-refractivity contribution in [1.82, 2.24) is 5.32 Å². The van der Waals surface area contributed by atoms with E-state index in [4.69, 9.17) is 24.2 Å². The molecule has 2 saturated carbocycles. The quantitative estimate of drug-likeness (QED) is 0.0457. The van der Waals surface area contributed by atoms with Gasteiger partial charge in [-0.15, -0.1) is 18.3 Å². The number of nitrogens with zero attached hydrogens (tertiary/aromatic N) is 1. The summed E-state index contributed by atoms with van der Waals surface area (Å²) in [5.74, 6) is 0.463. The highest BCUT2D eigenvalue weighted by Crippen LogP contribution is 2.63. The van der Waals surface area contributed by atoms with E-state index in [9.17, 15) is 15.0 Å². The fourth-order valence-electron chi connectivity index (χ4n) is 9.85. The molecule has 1 aromatic carbocycles. The van der Waals surface area contributed by atoms with Gasteiger partial charge in [-0.05, 0) is 87.5 Å². The topological polar surface area (TPSA) is 119 Å². The number of aliphatic hydroxyl groups is 2. The monoisotopic (exact) mass is 811 g/mol. The van der Waals surface area contributed by atoms with E-state index >= 15 is 0 Å². The molecule has 1 aromatic rings. The van der Waals surface area contributed by atoms with Gasteiger partial charge in [0.05, 0.1) is 23.5 Å². The number of oxime groups is 1. The highest BCUT2D eigenvalue weighted by atomic mass is 32.2. The summed E-state index contributed by atoms with van der Waals surface area (Å²) in [4.78, 5) is 19.0. The second kappa shape index (κ2) is 24.5. The maximum atomic E-state index is 13.2. The van der Waals surface area contributed by atoms with Gasteiger partial charge < -0.3 is 34.6 Å². The molecular formula is C47H74N2O7S. The Hall–Kier alpha value is -2.53. The first-order chi connectivity index (χ1) is 28.0. The number of nitrogens with one attached hydrogen (secondary N) is 1. The van der Waals surface area contributed by atoms with Crippen molar-refractivity contribution in [1.29, 1.82) is 0 Å². The molecular weight excluding hydrogens is 737 g/mol. The Morgan fingerprint density at radius 3 is 2.35 bits per heavy atom. The molecule has 0 radical (unpaired) electrons. The summed E-state index contributed by atoms with van der Waals surface area (Å²) in [5, 5.41) is 28.0. The fraction of sp³-hybridized carbons (Fsp3) is 0.745. The number of aliphatic hydroxyl groups excluding tert-OH is 2. The van der Waals surface area contributed by atoms with Crippen LogP contribution >= 0.6 is 11.8 Å². The van der Waals surface area contributed by atoms with Crippen molar-refractivity contribution in [3.63, 3.8) is 0 Å². The van der Waals surface area contributed by atoms with Crippen molar-refractivity contribution in [3.8, 4) is 11.5 Å². The van der Waals surface area contributed by atoms with Crippen LogP contribution in [0.15, 0.2) is 47.7 Å². The molecule has 2 fully saturated rings. The smallest absolute Gasteiger partial charge is 0.412 e. The number of fused-ring (bicyclic) bond motifs is 2. The van der Waals surface area contributed by atoms with E-state index in [0.717, 1.165) is 74.0 Å². The predicted molar refractivity (Wildman–Crippen MR) is 232 cm³/mol. The molecule has 57 heavy (non-hydrogen) atoms. The molecule has 4 aliphatic rings. The van der Waals surface area contributed by atoms with E-state index in [2.05, 4.69) is 24.9 Å². The van der Waals surface area contributed by atoms with E-state index in [1.807, 2.05) is 43.0 Å². The molecule has 0 saturated heterocycles. The van der Waals surface area contributed by atoms with E-state index in [-0.39, 0.29) is 42.1 Å². The minimum atomic E-state index is -0.976. The Morgan fingerprint density at radius 1 is 0.965 bits per heavy atom. The molecule has 10 heteroatoms. The van der Waals surface area contributed by atoms with Crippen LogP contribution in [0.5, 0.6) is 11.5 Å². The number of thioether (sulfide) groups is 1. The summed E-state index contributed by atoms with van der Waals surface area (Å²) in [6.07, 6.45) is 26.9. The van der Waals surface area contributed by atoms with Gasteiger partial charge in [0.2, 0.25) is 5.79 Å². The molecule has 320 valence electrons. The average molecular weight is 811 g/mol. The number of carbonyl (C=O) groups is 1. The first kappa shape index (κ1) is 45.6. The van der Waals surface area contributed by atoms with E-state index in [1.165, 1.54) is 77.0 Å². The number of hydrogen-bond acceptors (Lipinski definition) is 9. The lowest BCUT2D eigenvalue weighted by molar-refractivity contribution is -0.223. The predicted octanol–water partition coefficient (Wildman–Crippen LogP) is 11.0. The summed E-state index contributed by atoms with van der Waals surface area (Å²) in [5.41, 5.74) is 3.11. The molecule has 3 aliphatic carbocycles. The third-order valence-corrected chi connectivity index (χ3v) is 14.3. The SMILES string of the molecule is C=CCO[C@@]12Oc3ccc(OC(=O)NCCCCCCCCCCCC)cc3[C@H]3[C@H](CCCCO)[C@@H](CCCCO)C=C(C(=NOCC)C[C@@H]1SC1CCCC1)[C@H]32. The number of unbranched alkanes of at least 4 members (excludes halogenated alkanes) is 11. The second-order valence-electron chi connectivity index (χ2n) is 16.7. The van der Waals surface area contributed by atoms with Crippen molar-refractivity contribution in [3.05, 3.63) is 48.1 Å². The molecule has 6 atom stereocenters. The van der Waals surface area contributed by atoms with Crippen LogP contribution in [0.3, 0.4) is 0 Å². The third-order valence-electron chi connectivity index (χ3n) is 12.6. The molecule has 1 heterocycles. The van der Waals surface area contributed by atoms with Crippen LogP contribution in [-0.4, -0.2) is 71.3 Å². The second-order valence-corrected chi connectivity index (χ2v) is 18.2. The highest BCUT2D eigenvalue weighted by Gasteiger charge is 2.64. The Labute approximate surface area is 348 Å². The Balaban J connectivity index is 1.44. The van der Waals surface area contributed by atoms with Gasteiger partial charge >= 0.3 is 6.09 Å². The summed E-state index contributed by atoms with van der Waals surface area (Å²) in [7, 11) is 0. The molecule has 9 nitrogen and oxygen atoms in total. The van der Waals surface area contributed by atoms with Crippen LogP contribution in [0, 0.1) is 17.8 Å². The largest absolute Gasteiger partial charge is 0.460 e. The Kier molecular flexibility index (Phi) is 19.6. The molecule has 5 rings (SSSR count). The van der Waals surface area contributed by atoms with E-state index < -0.39 is 11.9 Å². The van der Waals surface area contributed by atoms with Crippen LogP contribution in [-0.2, 0) is 9.57 Å². The minimum Gasteiger partial charge on any atom is -0.460 e. The number of carbonyl (C=O) groups excluding carboxylic acids is 1. The molecule has 3 N–H and O–H groups in total. The Morgan fingerprint density at radius 2 is 1.67 bits per heavy atom. The lowest BCUT2D eigenvalue weighted by Crippen LogP contribution is -2.64. The molecule has 0 spiro atoms. The van der Waals surface area contributed by atoms with Crippen molar-refractivity contribution >= 4 is 23.6 Å².